The van der Waals surface area contributed by atoms with Gasteiger partial charge in [-0.05, 0) is 49.3 Å². The number of rotatable bonds is 2. The standard InChI is InChI=1S/C14H20ClNO2S/c1-9-3-5-12(7-10(9)2)19(17,18)14-8-11(16)4-6-13(14)15/h4,6,8-10,12H,3,5,7,16H2,1-2H3. The Balaban J connectivity index is 2.35. The molecule has 1 fully saturated rings. The Bertz CT molecular complexity index is 571. The molecule has 1 aromatic rings. The van der Waals surface area contributed by atoms with Crippen LogP contribution in [-0.4, -0.2) is 13.7 Å². The molecule has 3 nitrogen and oxygen atoms in total. The van der Waals surface area contributed by atoms with Gasteiger partial charge in [0, 0.05) is 5.69 Å². The monoisotopic (exact) mass is 301 g/mol. The van der Waals surface area contributed by atoms with E-state index in [1.54, 1.807) is 12.1 Å². The zero-order valence-electron chi connectivity index (χ0n) is 11.3. The van der Waals surface area contributed by atoms with Gasteiger partial charge in [0.25, 0.3) is 0 Å². The van der Waals surface area contributed by atoms with Gasteiger partial charge < -0.3 is 5.73 Å². The van der Waals surface area contributed by atoms with Gasteiger partial charge in [-0.15, -0.1) is 0 Å². The number of hydrogen-bond donors (Lipinski definition) is 1. The number of halogens is 1. The van der Waals surface area contributed by atoms with Crippen LogP contribution < -0.4 is 5.73 Å². The molecule has 2 rings (SSSR count). The van der Waals surface area contributed by atoms with E-state index >= 15 is 0 Å². The van der Waals surface area contributed by atoms with Crippen molar-refractivity contribution in [1.29, 1.82) is 0 Å². The van der Waals surface area contributed by atoms with Gasteiger partial charge in [0.05, 0.1) is 15.2 Å². The minimum atomic E-state index is -3.38. The van der Waals surface area contributed by atoms with E-state index in [-0.39, 0.29) is 15.2 Å². The largest absolute Gasteiger partial charge is 0.399 e. The highest BCUT2D eigenvalue weighted by atomic mass is 35.5. The molecule has 0 heterocycles. The van der Waals surface area contributed by atoms with E-state index in [9.17, 15) is 8.42 Å². The zero-order valence-corrected chi connectivity index (χ0v) is 12.8. The summed E-state index contributed by atoms with van der Waals surface area (Å²) in [6.45, 7) is 4.30. The molecule has 1 saturated carbocycles. The van der Waals surface area contributed by atoms with Crippen LogP contribution in [0.15, 0.2) is 23.1 Å². The Morgan fingerprint density at radius 3 is 2.53 bits per heavy atom. The molecular weight excluding hydrogens is 282 g/mol. The van der Waals surface area contributed by atoms with E-state index in [2.05, 4.69) is 13.8 Å². The summed E-state index contributed by atoms with van der Waals surface area (Å²) in [7, 11) is -3.38. The lowest BCUT2D eigenvalue weighted by Gasteiger charge is -2.31. The van der Waals surface area contributed by atoms with Crippen LogP contribution in [0.2, 0.25) is 5.02 Å². The van der Waals surface area contributed by atoms with Crippen molar-refractivity contribution in [3.8, 4) is 0 Å². The summed E-state index contributed by atoms with van der Waals surface area (Å²) in [4.78, 5) is 0.181. The van der Waals surface area contributed by atoms with Crippen LogP contribution in [0.3, 0.4) is 0 Å². The molecule has 1 aromatic carbocycles. The molecule has 2 N–H and O–H groups in total. The van der Waals surface area contributed by atoms with Crippen LogP contribution >= 0.6 is 11.6 Å². The van der Waals surface area contributed by atoms with Crippen LogP contribution in [0.25, 0.3) is 0 Å². The topological polar surface area (TPSA) is 60.2 Å². The van der Waals surface area contributed by atoms with Crippen LogP contribution in [0, 0.1) is 11.8 Å². The quantitative estimate of drug-likeness (QED) is 0.850. The fraction of sp³-hybridized carbons (Fsp3) is 0.571. The summed E-state index contributed by atoms with van der Waals surface area (Å²) in [5.41, 5.74) is 6.11. The maximum Gasteiger partial charge on any atom is 0.182 e. The lowest BCUT2D eigenvalue weighted by atomic mass is 9.81. The van der Waals surface area contributed by atoms with Crippen molar-refractivity contribution in [2.45, 2.75) is 43.3 Å². The number of hydrogen-bond acceptors (Lipinski definition) is 3. The van der Waals surface area contributed by atoms with Crippen LogP contribution in [0.4, 0.5) is 5.69 Å². The van der Waals surface area contributed by atoms with Crippen molar-refractivity contribution >= 4 is 27.1 Å². The minimum absolute atomic E-state index is 0.181. The second-order valence-electron chi connectivity index (χ2n) is 5.62. The highest BCUT2D eigenvalue weighted by Gasteiger charge is 2.35. The Morgan fingerprint density at radius 2 is 1.89 bits per heavy atom. The molecule has 1 aliphatic rings. The fourth-order valence-corrected chi connectivity index (χ4v) is 5.14. The third-order valence-corrected chi connectivity index (χ3v) is 6.95. The zero-order chi connectivity index (χ0) is 14.2. The lowest BCUT2D eigenvalue weighted by Crippen LogP contribution is -2.31. The van der Waals surface area contributed by atoms with Gasteiger partial charge in [-0.2, -0.15) is 0 Å². The van der Waals surface area contributed by atoms with Crippen LogP contribution in [0.5, 0.6) is 0 Å². The average Bonchev–Trinajstić information content (AvgIpc) is 2.35. The third-order valence-electron chi connectivity index (χ3n) is 4.25. The third kappa shape index (κ3) is 2.90. The van der Waals surface area contributed by atoms with Crippen molar-refractivity contribution in [1.82, 2.24) is 0 Å². The molecule has 0 aromatic heterocycles. The number of nitrogens with two attached hydrogens (primary N) is 1. The van der Waals surface area contributed by atoms with E-state index in [0.29, 0.717) is 30.4 Å². The summed E-state index contributed by atoms with van der Waals surface area (Å²) in [5.74, 6) is 1.01. The van der Waals surface area contributed by atoms with Gasteiger partial charge in [-0.1, -0.05) is 25.4 Å². The maximum atomic E-state index is 12.7. The van der Waals surface area contributed by atoms with E-state index in [4.69, 9.17) is 17.3 Å². The first-order chi connectivity index (χ1) is 8.82. The van der Waals surface area contributed by atoms with E-state index in [1.165, 1.54) is 6.07 Å². The first-order valence-corrected chi connectivity index (χ1v) is 8.53. The maximum absolute atomic E-state index is 12.7. The Hall–Kier alpha value is -0.740. The summed E-state index contributed by atoms with van der Waals surface area (Å²) >= 11 is 6.03. The Kier molecular flexibility index (Phi) is 4.11. The van der Waals surface area contributed by atoms with Gasteiger partial charge in [0.15, 0.2) is 9.84 Å². The van der Waals surface area contributed by atoms with Crippen molar-refractivity contribution < 1.29 is 8.42 Å². The number of nitrogen functional groups attached to an aromatic ring is 1. The molecule has 1 aliphatic carbocycles. The summed E-state index contributed by atoms with van der Waals surface area (Å²) in [5, 5.41) is -0.0709. The molecule has 0 amide bonds. The number of sulfone groups is 1. The SMILES string of the molecule is CC1CCC(S(=O)(=O)c2cc(N)ccc2Cl)CC1C. The van der Waals surface area contributed by atoms with Gasteiger partial charge in [0.1, 0.15) is 0 Å². The summed E-state index contributed by atoms with van der Waals surface area (Å²) in [6, 6.07) is 4.64. The molecule has 106 valence electrons. The van der Waals surface area contributed by atoms with Gasteiger partial charge in [-0.25, -0.2) is 8.42 Å². The first kappa shape index (κ1) is 14.7. The number of benzene rings is 1. The van der Waals surface area contributed by atoms with Gasteiger partial charge >= 0.3 is 0 Å². The predicted molar refractivity (Wildman–Crippen MR) is 79.0 cm³/mol. The van der Waals surface area contributed by atoms with E-state index < -0.39 is 9.84 Å². The van der Waals surface area contributed by atoms with E-state index in [0.717, 1.165) is 6.42 Å². The molecule has 19 heavy (non-hydrogen) atoms. The number of anilines is 1. The van der Waals surface area contributed by atoms with Crippen molar-refractivity contribution in [2.75, 3.05) is 5.73 Å². The van der Waals surface area contributed by atoms with Crippen molar-refractivity contribution in [3.05, 3.63) is 23.2 Å². The molecule has 0 spiro atoms. The molecule has 0 radical (unpaired) electrons. The van der Waals surface area contributed by atoms with Crippen LogP contribution in [0.1, 0.15) is 33.1 Å². The van der Waals surface area contributed by atoms with Crippen molar-refractivity contribution in [3.63, 3.8) is 0 Å². The average molecular weight is 302 g/mol. The Labute approximate surface area is 120 Å². The second-order valence-corrected chi connectivity index (χ2v) is 8.23. The normalized spacial score (nSPS) is 28.3. The molecule has 0 aliphatic heterocycles. The lowest BCUT2D eigenvalue weighted by molar-refractivity contribution is 0.278. The van der Waals surface area contributed by atoms with Crippen molar-refractivity contribution in [2.24, 2.45) is 11.8 Å². The summed E-state index contributed by atoms with van der Waals surface area (Å²) < 4.78 is 25.3. The van der Waals surface area contributed by atoms with Gasteiger partial charge in [-0.3, -0.25) is 0 Å². The molecule has 3 atom stereocenters. The highest BCUT2D eigenvalue weighted by molar-refractivity contribution is 7.92. The smallest absolute Gasteiger partial charge is 0.182 e. The summed E-state index contributed by atoms with van der Waals surface area (Å²) in [6.07, 6.45) is 2.36. The molecular formula is C14H20ClNO2S. The molecule has 0 bridgehead atoms. The first-order valence-electron chi connectivity index (χ1n) is 6.61. The fourth-order valence-electron chi connectivity index (χ4n) is 2.70. The van der Waals surface area contributed by atoms with Gasteiger partial charge in [0.2, 0.25) is 0 Å². The molecule has 5 heteroatoms. The highest BCUT2D eigenvalue weighted by Crippen LogP contribution is 2.37. The van der Waals surface area contributed by atoms with E-state index in [1.807, 2.05) is 0 Å². The minimum Gasteiger partial charge on any atom is -0.399 e. The molecule has 0 saturated heterocycles. The Morgan fingerprint density at radius 1 is 1.21 bits per heavy atom. The van der Waals surface area contributed by atoms with Crippen LogP contribution in [-0.2, 0) is 9.84 Å². The second kappa shape index (κ2) is 5.33. The molecule has 3 unspecified atom stereocenters. The predicted octanol–water partition coefficient (Wildman–Crippen LogP) is 3.52.